The number of aromatic nitrogens is 1. The van der Waals surface area contributed by atoms with E-state index in [9.17, 15) is 4.39 Å². The van der Waals surface area contributed by atoms with Gasteiger partial charge in [0, 0.05) is 11.7 Å². The van der Waals surface area contributed by atoms with Crippen LogP contribution in [0.25, 0.3) is 11.3 Å². The SMILES string of the molecule is [2H]c1cccc(-c2ccc(F)cc2)n1. The summed E-state index contributed by atoms with van der Waals surface area (Å²) in [6.45, 7) is 0. The molecule has 0 atom stereocenters. The molecule has 0 saturated heterocycles. The van der Waals surface area contributed by atoms with Gasteiger partial charge in [-0.2, -0.15) is 0 Å². The van der Waals surface area contributed by atoms with Gasteiger partial charge in [0.15, 0.2) is 0 Å². The van der Waals surface area contributed by atoms with E-state index in [1.807, 2.05) is 0 Å². The molecule has 1 heterocycles. The summed E-state index contributed by atoms with van der Waals surface area (Å²) in [5.41, 5.74) is 1.51. The summed E-state index contributed by atoms with van der Waals surface area (Å²) < 4.78 is 20.0. The van der Waals surface area contributed by atoms with Gasteiger partial charge in [-0.3, -0.25) is 4.98 Å². The van der Waals surface area contributed by atoms with Crippen LogP contribution in [-0.2, 0) is 0 Å². The lowest BCUT2D eigenvalue weighted by Gasteiger charge is -1.98. The normalized spacial score (nSPS) is 11.0. The van der Waals surface area contributed by atoms with Crippen LogP contribution in [0.3, 0.4) is 0 Å². The lowest BCUT2D eigenvalue weighted by molar-refractivity contribution is 0.628. The fraction of sp³-hybridized carbons (Fsp3) is 0. The summed E-state index contributed by atoms with van der Waals surface area (Å²) in [6.07, 6.45) is 0.215. The highest BCUT2D eigenvalue weighted by molar-refractivity contribution is 5.58. The third kappa shape index (κ3) is 1.72. The third-order valence-corrected chi connectivity index (χ3v) is 1.75. The van der Waals surface area contributed by atoms with Crippen molar-refractivity contribution >= 4 is 0 Å². The first-order valence-electron chi connectivity index (χ1n) is 4.45. The van der Waals surface area contributed by atoms with Gasteiger partial charge < -0.3 is 0 Å². The van der Waals surface area contributed by atoms with E-state index in [0.29, 0.717) is 5.69 Å². The van der Waals surface area contributed by atoms with E-state index in [-0.39, 0.29) is 12.0 Å². The van der Waals surface area contributed by atoms with Crippen LogP contribution in [0.4, 0.5) is 4.39 Å². The third-order valence-electron chi connectivity index (χ3n) is 1.75. The van der Waals surface area contributed by atoms with Crippen molar-refractivity contribution in [3.8, 4) is 11.3 Å². The molecule has 0 aliphatic rings. The average Bonchev–Trinajstić information content (AvgIpc) is 2.19. The molecule has 64 valence electrons. The lowest BCUT2D eigenvalue weighted by Crippen LogP contribution is -1.81. The molecular formula is C11H8FN. The Kier molecular flexibility index (Phi) is 1.75. The summed E-state index contributed by atoms with van der Waals surface area (Å²) in [5.74, 6) is -0.268. The van der Waals surface area contributed by atoms with E-state index in [4.69, 9.17) is 1.37 Å². The molecular weight excluding hydrogens is 165 g/mol. The second-order valence-electron chi connectivity index (χ2n) is 2.66. The smallest absolute Gasteiger partial charge is 0.123 e. The molecule has 0 amide bonds. The van der Waals surface area contributed by atoms with Crippen molar-refractivity contribution in [1.29, 1.82) is 0 Å². The van der Waals surface area contributed by atoms with Gasteiger partial charge in [0.05, 0.1) is 7.06 Å². The van der Waals surface area contributed by atoms with E-state index >= 15 is 0 Å². The minimum absolute atomic E-state index is 0.215. The average molecular weight is 174 g/mol. The first-order valence-corrected chi connectivity index (χ1v) is 3.95. The highest BCUT2D eigenvalue weighted by Crippen LogP contribution is 2.15. The van der Waals surface area contributed by atoms with Gasteiger partial charge in [0.25, 0.3) is 0 Å². The van der Waals surface area contributed by atoms with Gasteiger partial charge in [-0.15, -0.1) is 0 Å². The van der Waals surface area contributed by atoms with Gasteiger partial charge in [0.1, 0.15) is 5.82 Å². The number of halogens is 1. The molecule has 0 spiro atoms. The van der Waals surface area contributed by atoms with Crippen LogP contribution in [-0.4, -0.2) is 4.98 Å². The van der Waals surface area contributed by atoms with Crippen LogP contribution in [0.1, 0.15) is 1.37 Å². The second kappa shape index (κ2) is 3.35. The van der Waals surface area contributed by atoms with Crippen LogP contribution in [0.5, 0.6) is 0 Å². The first-order chi connectivity index (χ1) is 6.75. The fourth-order valence-electron chi connectivity index (χ4n) is 1.11. The topological polar surface area (TPSA) is 12.9 Å². The molecule has 1 nitrogen and oxygen atoms in total. The van der Waals surface area contributed by atoms with Crippen molar-refractivity contribution in [1.82, 2.24) is 4.98 Å². The predicted octanol–water partition coefficient (Wildman–Crippen LogP) is 2.89. The molecule has 0 bridgehead atoms. The molecule has 13 heavy (non-hydrogen) atoms. The molecule has 0 unspecified atom stereocenters. The highest BCUT2D eigenvalue weighted by atomic mass is 19.1. The Morgan fingerprint density at radius 3 is 2.54 bits per heavy atom. The Hall–Kier alpha value is -1.70. The van der Waals surface area contributed by atoms with Gasteiger partial charge in [-0.05, 0) is 36.4 Å². The van der Waals surface area contributed by atoms with Gasteiger partial charge >= 0.3 is 0 Å². The number of benzene rings is 1. The zero-order valence-electron chi connectivity index (χ0n) is 7.87. The molecule has 2 heteroatoms. The van der Waals surface area contributed by atoms with Crippen LogP contribution >= 0.6 is 0 Å². The van der Waals surface area contributed by atoms with Gasteiger partial charge in [-0.1, -0.05) is 6.07 Å². The zero-order chi connectivity index (χ0) is 9.97. The summed E-state index contributed by atoms with van der Waals surface area (Å²) in [7, 11) is 0. The highest BCUT2D eigenvalue weighted by Gasteiger charge is 1.96. The Balaban J connectivity index is 2.44. The summed E-state index contributed by atoms with van der Waals surface area (Å²) in [4.78, 5) is 4.02. The lowest BCUT2D eigenvalue weighted by atomic mass is 10.1. The van der Waals surface area contributed by atoms with Crippen molar-refractivity contribution in [3.63, 3.8) is 0 Å². The quantitative estimate of drug-likeness (QED) is 0.647. The molecule has 1 aromatic heterocycles. The minimum Gasteiger partial charge on any atom is -0.256 e. The molecule has 0 aliphatic heterocycles. The van der Waals surface area contributed by atoms with Crippen LogP contribution < -0.4 is 0 Å². The van der Waals surface area contributed by atoms with Crippen molar-refractivity contribution in [2.24, 2.45) is 0 Å². The number of hydrogen-bond donors (Lipinski definition) is 0. The van der Waals surface area contributed by atoms with Crippen LogP contribution in [0, 0.1) is 5.82 Å². The largest absolute Gasteiger partial charge is 0.256 e. The Bertz CT molecular complexity index is 439. The molecule has 2 rings (SSSR count). The number of nitrogens with zero attached hydrogens (tertiary/aromatic N) is 1. The van der Waals surface area contributed by atoms with E-state index in [1.54, 1.807) is 30.3 Å². The standard InChI is InChI=1S/C11H8FN/c12-10-6-4-9(5-7-10)11-3-1-2-8-13-11/h1-8H/i8D. The second-order valence-corrected chi connectivity index (χ2v) is 2.66. The zero-order valence-corrected chi connectivity index (χ0v) is 6.87. The maximum absolute atomic E-state index is 12.6. The van der Waals surface area contributed by atoms with Crippen LogP contribution in [0.15, 0.2) is 48.6 Å². The Morgan fingerprint density at radius 1 is 1.08 bits per heavy atom. The number of rotatable bonds is 1. The maximum atomic E-state index is 12.6. The molecule has 0 fully saturated rings. The van der Waals surface area contributed by atoms with E-state index in [1.165, 1.54) is 12.1 Å². The Morgan fingerprint density at radius 2 is 1.85 bits per heavy atom. The maximum Gasteiger partial charge on any atom is 0.123 e. The Labute approximate surface area is 77.3 Å². The monoisotopic (exact) mass is 174 g/mol. The van der Waals surface area contributed by atoms with Crippen molar-refractivity contribution in [2.45, 2.75) is 0 Å². The molecule has 0 N–H and O–H groups in total. The van der Waals surface area contributed by atoms with E-state index in [0.717, 1.165) is 5.56 Å². The van der Waals surface area contributed by atoms with Crippen molar-refractivity contribution in [3.05, 3.63) is 54.5 Å². The number of pyridine rings is 1. The molecule has 0 aliphatic carbocycles. The minimum atomic E-state index is -0.268. The van der Waals surface area contributed by atoms with Gasteiger partial charge in [-0.25, -0.2) is 4.39 Å². The first kappa shape index (κ1) is 6.78. The van der Waals surface area contributed by atoms with E-state index < -0.39 is 0 Å². The van der Waals surface area contributed by atoms with E-state index in [2.05, 4.69) is 4.98 Å². The molecule has 2 aromatic rings. The molecule has 0 saturated carbocycles. The predicted molar refractivity (Wildman–Crippen MR) is 49.6 cm³/mol. The molecule has 1 aromatic carbocycles. The summed E-state index contributed by atoms with van der Waals surface area (Å²) in [5, 5.41) is 0. The number of hydrogen-bond acceptors (Lipinski definition) is 1. The fourth-order valence-corrected chi connectivity index (χ4v) is 1.11. The molecule has 0 radical (unpaired) electrons. The summed E-state index contributed by atoms with van der Waals surface area (Å²) in [6, 6.07) is 11.2. The summed E-state index contributed by atoms with van der Waals surface area (Å²) >= 11 is 0. The van der Waals surface area contributed by atoms with Crippen LogP contribution in [0.2, 0.25) is 0 Å². The van der Waals surface area contributed by atoms with Gasteiger partial charge in [0.2, 0.25) is 0 Å². The van der Waals surface area contributed by atoms with Crippen molar-refractivity contribution in [2.75, 3.05) is 0 Å². The van der Waals surface area contributed by atoms with Crippen molar-refractivity contribution < 1.29 is 5.76 Å².